The Morgan fingerprint density at radius 1 is 0.636 bits per heavy atom. The predicted octanol–water partition coefficient (Wildman–Crippen LogP) is 7.44. The fourth-order valence-corrected chi connectivity index (χ4v) is 5.63. The number of fused-ring (bicyclic) bond motifs is 2. The van der Waals surface area contributed by atoms with Crippen molar-refractivity contribution in [3.8, 4) is 28.5 Å². The zero-order chi connectivity index (χ0) is 29.4. The van der Waals surface area contributed by atoms with E-state index in [1.54, 1.807) is 0 Å². The zero-order valence-electron chi connectivity index (χ0n) is 25.1. The van der Waals surface area contributed by atoms with Gasteiger partial charge in [-0.1, -0.05) is 80.6 Å². The summed E-state index contributed by atoms with van der Waals surface area (Å²) in [6, 6.07) is 35.4. The molecule has 4 aromatic carbocycles. The Kier molecular flexibility index (Phi) is 11.1. The fraction of sp³-hybridized carbons (Fsp3) is 0.243. The van der Waals surface area contributed by atoms with E-state index < -0.39 is 0 Å². The summed E-state index contributed by atoms with van der Waals surface area (Å²) < 4.78 is 10.6. The van der Waals surface area contributed by atoms with Crippen LogP contribution in [0.15, 0.2) is 115 Å². The SMILES string of the molecule is CCN(CC)CCCOc1ccc(-c2nc3ccccc3n2CC=CCn2c(-c3ccccc3)nc3ccccc32)cc1.[NaH]. The van der Waals surface area contributed by atoms with E-state index in [9.17, 15) is 0 Å². The van der Waals surface area contributed by atoms with Crippen molar-refractivity contribution < 1.29 is 4.74 Å². The monoisotopic (exact) mass is 593 g/mol. The first-order chi connectivity index (χ1) is 21.2. The number of imidazole rings is 2. The van der Waals surface area contributed by atoms with E-state index in [2.05, 4.69) is 125 Å². The van der Waals surface area contributed by atoms with Gasteiger partial charge < -0.3 is 18.8 Å². The van der Waals surface area contributed by atoms with E-state index in [1.807, 2.05) is 18.2 Å². The van der Waals surface area contributed by atoms with Gasteiger partial charge in [-0.2, -0.15) is 0 Å². The van der Waals surface area contributed by atoms with Gasteiger partial charge in [0.1, 0.15) is 17.4 Å². The van der Waals surface area contributed by atoms with Crippen LogP contribution < -0.4 is 4.74 Å². The van der Waals surface area contributed by atoms with Gasteiger partial charge in [0.25, 0.3) is 0 Å². The molecule has 0 saturated carbocycles. The molecule has 0 fully saturated rings. The van der Waals surface area contributed by atoms with E-state index in [4.69, 9.17) is 14.7 Å². The molecule has 0 aliphatic rings. The number of hydrogen-bond acceptors (Lipinski definition) is 4. The zero-order valence-corrected chi connectivity index (χ0v) is 25.1. The van der Waals surface area contributed by atoms with Gasteiger partial charge in [0.15, 0.2) is 0 Å². The first-order valence-electron chi connectivity index (χ1n) is 15.3. The van der Waals surface area contributed by atoms with Crippen LogP contribution in [0.4, 0.5) is 0 Å². The number of allylic oxidation sites excluding steroid dienone is 2. The normalized spacial score (nSPS) is 11.5. The maximum atomic E-state index is 6.04. The van der Waals surface area contributed by atoms with Gasteiger partial charge in [-0.05, 0) is 68.0 Å². The second kappa shape index (κ2) is 15.4. The molecule has 2 aromatic heterocycles. The Balaban J connectivity index is 0.00000384. The third-order valence-electron chi connectivity index (χ3n) is 7.98. The Bertz CT molecular complexity index is 1800. The number of aromatic nitrogens is 4. The van der Waals surface area contributed by atoms with Crippen LogP contribution in [0.2, 0.25) is 0 Å². The number of rotatable bonds is 13. The van der Waals surface area contributed by atoms with E-state index in [0.717, 1.165) is 89.8 Å². The molecule has 0 amide bonds. The molecule has 220 valence electrons. The number of hydrogen-bond donors (Lipinski definition) is 0. The van der Waals surface area contributed by atoms with Gasteiger partial charge in [0, 0.05) is 30.8 Å². The summed E-state index contributed by atoms with van der Waals surface area (Å²) in [6.07, 6.45) is 5.48. The van der Waals surface area contributed by atoms with Crippen LogP contribution >= 0.6 is 0 Å². The molecule has 0 aliphatic carbocycles. The molecule has 0 radical (unpaired) electrons. The van der Waals surface area contributed by atoms with Crippen molar-refractivity contribution in [2.75, 3.05) is 26.2 Å². The van der Waals surface area contributed by atoms with Crippen molar-refractivity contribution >= 4 is 51.6 Å². The van der Waals surface area contributed by atoms with Gasteiger partial charge in [0.05, 0.1) is 28.7 Å². The van der Waals surface area contributed by atoms with Gasteiger partial charge in [-0.3, -0.25) is 0 Å². The summed E-state index contributed by atoms with van der Waals surface area (Å²) in [6.45, 7) is 9.79. The Morgan fingerprint density at radius 2 is 1.14 bits per heavy atom. The topological polar surface area (TPSA) is 48.1 Å². The minimum atomic E-state index is 0. The molecule has 0 aliphatic heterocycles. The first kappa shape index (κ1) is 31.7. The average Bonchev–Trinajstić information content (AvgIpc) is 3.62. The van der Waals surface area contributed by atoms with Crippen LogP contribution in [0.3, 0.4) is 0 Å². The molecular weight excluding hydrogens is 553 g/mol. The molecule has 7 heteroatoms. The second-order valence-corrected chi connectivity index (χ2v) is 10.7. The third-order valence-corrected chi connectivity index (χ3v) is 7.98. The molecule has 0 atom stereocenters. The maximum absolute atomic E-state index is 6.04. The van der Waals surface area contributed by atoms with Gasteiger partial charge in [0.2, 0.25) is 0 Å². The van der Waals surface area contributed by atoms with Crippen molar-refractivity contribution in [3.05, 3.63) is 115 Å². The van der Waals surface area contributed by atoms with Crippen LogP contribution in [0.25, 0.3) is 44.8 Å². The van der Waals surface area contributed by atoms with Crippen LogP contribution in [-0.4, -0.2) is 79.8 Å². The second-order valence-electron chi connectivity index (χ2n) is 10.7. The molecule has 0 bridgehead atoms. The van der Waals surface area contributed by atoms with E-state index in [-0.39, 0.29) is 29.6 Å². The molecule has 44 heavy (non-hydrogen) atoms. The standard InChI is InChI=1S/C37H39N5O.Na.H/c1-3-40(4-2)25-14-28-43-31-23-21-30(22-24-31)37-39-33-18-9-11-20-35(33)42(37)27-13-12-26-41-34-19-10-8-17-32(34)38-36(41)29-15-6-5-7-16-29;;/h5-13,15-24H,3-4,14,25-28H2,1-2H3;;. The molecular formula is C37H40N5NaO. The van der Waals surface area contributed by atoms with E-state index in [0.29, 0.717) is 6.54 Å². The molecule has 6 aromatic rings. The predicted molar refractivity (Wildman–Crippen MR) is 185 cm³/mol. The summed E-state index contributed by atoms with van der Waals surface area (Å²) in [4.78, 5) is 12.4. The fourth-order valence-electron chi connectivity index (χ4n) is 5.63. The summed E-state index contributed by atoms with van der Waals surface area (Å²) in [5.41, 5.74) is 6.45. The molecule has 6 nitrogen and oxygen atoms in total. The summed E-state index contributed by atoms with van der Waals surface area (Å²) in [5, 5.41) is 0. The summed E-state index contributed by atoms with van der Waals surface area (Å²) in [7, 11) is 0. The van der Waals surface area contributed by atoms with Crippen molar-refractivity contribution in [3.63, 3.8) is 0 Å². The van der Waals surface area contributed by atoms with Crippen LogP contribution in [0.1, 0.15) is 20.3 Å². The summed E-state index contributed by atoms with van der Waals surface area (Å²) >= 11 is 0. The molecule has 0 N–H and O–H groups in total. The van der Waals surface area contributed by atoms with Gasteiger partial charge in [-0.15, -0.1) is 0 Å². The van der Waals surface area contributed by atoms with E-state index >= 15 is 0 Å². The number of para-hydroxylation sites is 4. The minimum absolute atomic E-state index is 0. The van der Waals surface area contributed by atoms with Crippen molar-refractivity contribution in [1.29, 1.82) is 0 Å². The Labute approximate surface area is 282 Å². The van der Waals surface area contributed by atoms with Gasteiger partial charge >= 0.3 is 29.6 Å². The van der Waals surface area contributed by atoms with Crippen molar-refractivity contribution in [1.82, 2.24) is 24.0 Å². The van der Waals surface area contributed by atoms with Crippen molar-refractivity contribution in [2.24, 2.45) is 0 Å². The molecule has 0 saturated heterocycles. The number of benzene rings is 4. The molecule has 6 rings (SSSR count). The Morgan fingerprint density at radius 3 is 1.68 bits per heavy atom. The summed E-state index contributed by atoms with van der Waals surface area (Å²) in [5.74, 6) is 2.83. The molecule has 0 spiro atoms. The van der Waals surface area contributed by atoms with Crippen LogP contribution in [-0.2, 0) is 13.1 Å². The van der Waals surface area contributed by atoms with E-state index in [1.165, 1.54) is 0 Å². The van der Waals surface area contributed by atoms with Crippen molar-refractivity contribution in [2.45, 2.75) is 33.4 Å². The van der Waals surface area contributed by atoms with Crippen LogP contribution in [0, 0.1) is 0 Å². The Hall–Kier alpha value is -3.68. The third kappa shape index (κ3) is 7.16. The number of ether oxygens (including phenoxy) is 1. The average molecular weight is 594 g/mol. The quantitative estimate of drug-likeness (QED) is 0.0794. The van der Waals surface area contributed by atoms with Crippen LogP contribution in [0.5, 0.6) is 5.75 Å². The first-order valence-corrected chi connectivity index (χ1v) is 15.3. The molecule has 2 heterocycles. The van der Waals surface area contributed by atoms with Gasteiger partial charge in [-0.25, -0.2) is 9.97 Å². The molecule has 0 unspecified atom stereocenters. The number of nitrogens with zero attached hydrogens (tertiary/aromatic N) is 5.